The molecule has 0 bridgehead atoms. The van der Waals surface area contributed by atoms with Gasteiger partial charge in [0.15, 0.2) is 0 Å². The van der Waals surface area contributed by atoms with Crippen molar-refractivity contribution < 1.29 is 8.85 Å². The van der Waals surface area contributed by atoms with E-state index < -0.39 is 8.56 Å². The van der Waals surface area contributed by atoms with Crippen LogP contribution >= 0.6 is 0 Å². The molecule has 0 radical (unpaired) electrons. The van der Waals surface area contributed by atoms with Gasteiger partial charge in [-0.25, -0.2) is 0 Å². The fraction of sp³-hybridized carbons (Fsp3) is 1.00. The molecular weight excluding hydrogens is 312 g/mol. The second-order valence-electron chi connectivity index (χ2n) is 7.94. The fourth-order valence-electron chi connectivity index (χ4n) is 3.80. The number of unbranched alkanes of at least 4 members (excludes halogenated alkanes) is 7. The van der Waals surface area contributed by atoms with E-state index in [1.165, 1.54) is 77.0 Å². The molecule has 0 amide bonds. The number of hydrogen-bond donors (Lipinski definition) is 0. The zero-order chi connectivity index (χ0) is 17.7. The summed E-state index contributed by atoms with van der Waals surface area (Å²) < 4.78 is 13.0. The van der Waals surface area contributed by atoms with Gasteiger partial charge in [0.05, 0.1) is 0 Å². The first-order valence-electron chi connectivity index (χ1n) is 11.0. The van der Waals surface area contributed by atoms with E-state index in [9.17, 15) is 0 Å². The maximum atomic E-state index is 6.61. The van der Waals surface area contributed by atoms with Crippen LogP contribution in [-0.2, 0) is 8.85 Å². The van der Waals surface area contributed by atoms with Gasteiger partial charge in [0.2, 0.25) is 0 Å². The van der Waals surface area contributed by atoms with E-state index in [0.717, 1.165) is 24.6 Å². The molecule has 1 fully saturated rings. The lowest BCUT2D eigenvalue weighted by atomic mass is 9.89. The highest BCUT2D eigenvalue weighted by Gasteiger charge is 2.37. The van der Waals surface area contributed by atoms with Crippen molar-refractivity contribution in [3.05, 3.63) is 0 Å². The SMILES string of the molecule is CCCCCCCCCCO[Si](CC)(CC)OC1CCC(C)CC1. The van der Waals surface area contributed by atoms with E-state index in [1.807, 2.05) is 0 Å². The van der Waals surface area contributed by atoms with Crippen LogP contribution in [0.4, 0.5) is 0 Å². The molecule has 144 valence electrons. The van der Waals surface area contributed by atoms with Gasteiger partial charge in [-0.1, -0.05) is 72.6 Å². The summed E-state index contributed by atoms with van der Waals surface area (Å²) in [5.41, 5.74) is 0. The second kappa shape index (κ2) is 13.4. The molecule has 0 aliphatic heterocycles. The molecule has 2 nitrogen and oxygen atoms in total. The number of hydrogen-bond acceptors (Lipinski definition) is 2. The number of rotatable bonds is 14. The van der Waals surface area contributed by atoms with Crippen LogP contribution in [0.5, 0.6) is 0 Å². The Balaban J connectivity index is 2.17. The van der Waals surface area contributed by atoms with E-state index in [4.69, 9.17) is 8.85 Å². The first kappa shape index (κ1) is 22.2. The van der Waals surface area contributed by atoms with Crippen LogP contribution in [0.15, 0.2) is 0 Å². The van der Waals surface area contributed by atoms with Crippen molar-refractivity contribution in [1.82, 2.24) is 0 Å². The molecule has 0 spiro atoms. The average Bonchev–Trinajstić information content (AvgIpc) is 2.61. The van der Waals surface area contributed by atoms with Gasteiger partial charge in [-0.05, 0) is 50.1 Å². The van der Waals surface area contributed by atoms with Gasteiger partial charge < -0.3 is 8.85 Å². The molecule has 0 heterocycles. The van der Waals surface area contributed by atoms with Gasteiger partial charge in [0, 0.05) is 12.7 Å². The van der Waals surface area contributed by atoms with Crippen molar-refractivity contribution >= 4 is 8.56 Å². The quantitative estimate of drug-likeness (QED) is 0.241. The standard InChI is InChI=1S/C21H44O2Si/c1-5-8-9-10-11-12-13-14-19-22-24(6-2,7-3)23-21-17-15-20(4)16-18-21/h20-21H,5-19H2,1-4H3. The molecule has 24 heavy (non-hydrogen) atoms. The molecule has 0 atom stereocenters. The van der Waals surface area contributed by atoms with E-state index in [-0.39, 0.29) is 0 Å². The van der Waals surface area contributed by atoms with E-state index in [2.05, 4.69) is 27.7 Å². The van der Waals surface area contributed by atoms with E-state index in [0.29, 0.717) is 6.10 Å². The highest BCUT2D eigenvalue weighted by atomic mass is 28.4. The molecule has 1 saturated carbocycles. The summed E-state index contributed by atoms with van der Waals surface area (Å²) in [6, 6.07) is 2.21. The molecule has 0 aromatic rings. The average molecular weight is 357 g/mol. The lowest BCUT2D eigenvalue weighted by Gasteiger charge is -2.36. The minimum Gasteiger partial charge on any atom is -0.394 e. The summed E-state index contributed by atoms with van der Waals surface area (Å²) in [5.74, 6) is 0.891. The minimum absolute atomic E-state index is 0.478. The molecule has 0 aromatic carbocycles. The lowest BCUT2D eigenvalue weighted by Crippen LogP contribution is -2.45. The zero-order valence-corrected chi connectivity index (χ0v) is 18.1. The van der Waals surface area contributed by atoms with Crippen molar-refractivity contribution in [1.29, 1.82) is 0 Å². The molecular formula is C21H44O2Si. The van der Waals surface area contributed by atoms with Crippen LogP contribution in [0.25, 0.3) is 0 Å². The predicted molar refractivity (Wildman–Crippen MR) is 108 cm³/mol. The van der Waals surface area contributed by atoms with Gasteiger partial charge in [-0.3, -0.25) is 0 Å². The zero-order valence-electron chi connectivity index (χ0n) is 17.1. The summed E-state index contributed by atoms with van der Waals surface area (Å²) >= 11 is 0. The maximum Gasteiger partial charge on any atom is 0.337 e. The Bertz CT molecular complexity index is 284. The smallest absolute Gasteiger partial charge is 0.337 e. The summed E-state index contributed by atoms with van der Waals surface area (Å²) in [6.07, 6.45) is 16.5. The Labute approximate surface area is 153 Å². The van der Waals surface area contributed by atoms with Crippen LogP contribution < -0.4 is 0 Å². The van der Waals surface area contributed by atoms with Gasteiger partial charge in [-0.15, -0.1) is 0 Å². The lowest BCUT2D eigenvalue weighted by molar-refractivity contribution is 0.0756. The molecule has 0 aromatic heterocycles. The molecule has 1 aliphatic carbocycles. The van der Waals surface area contributed by atoms with Crippen molar-refractivity contribution in [3.63, 3.8) is 0 Å². The minimum atomic E-state index is -1.94. The van der Waals surface area contributed by atoms with Crippen molar-refractivity contribution in [2.75, 3.05) is 6.61 Å². The first-order chi connectivity index (χ1) is 11.7. The third-order valence-electron chi connectivity index (χ3n) is 5.78. The Kier molecular flexibility index (Phi) is 12.3. The third kappa shape index (κ3) is 9.01. The van der Waals surface area contributed by atoms with Gasteiger partial charge in [0.25, 0.3) is 0 Å². The van der Waals surface area contributed by atoms with Crippen molar-refractivity contribution in [3.8, 4) is 0 Å². The van der Waals surface area contributed by atoms with Gasteiger partial charge in [0.1, 0.15) is 0 Å². The van der Waals surface area contributed by atoms with Crippen LogP contribution in [0.2, 0.25) is 12.1 Å². The predicted octanol–water partition coefficient (Wildman–Crippen LogP) is 7.22. The summed E-state index contributed by atoms with van der Waals surface area (Å²) in [4.78, 5) is 0. The molecule has 1 aliphatic rings. The monoisotopic (exact) mass is 356 g/mol. The van der Waals surface area contributed by atoms with Crippen molar-refractivity contribution in [2.45, 2.75) is 123 Å². The van der Waals surface area contributed by atoms with Crippen molar-refractivity contribution in [2.24, 2.45) is 5.92 Å². The summed E-state index contributed by atoms with van der Waals surface area (Å²) in [6.45, 7) is 10.1. The Morgan fingerprint density at radius 3 is 1.83 bits per heavy atom. The summed E-state index contributed by atoms with van der Waals surface area (Å²) in [7, 11) is -1.94. The van der Waals surface area contributed by atoms with Crippen LogP contribution in [0.3, 0.4) is 0 Å². The highest BCUT2D eigenvalue weighted by molar-refractivity contribution is 6.67. The van der Waals surface area contributed by atoms with Gasteiger partial charge >= 0.3 is 8.56 Å². The van der Waals surface area contributed by atoms with Crippen LogP contribution in [0.1, 0.15) is 105 Å². The Hall–Kier alpha value is 0.137. The molecule has 3 heteroatoms. The highest BCUT2D eigenvalue weighted by Crippen LogP contribution is 2.30. The Morgan fingerprint density at radius 2 is 1.29 bits per heavy atom. The summed E-state index contributed by atoms with van der Waals surface area (Å²) in [5, 5.41) is 0. The topological polar surface area (TPSA) is 18.5 Å². The second-order valence-corrected chi connectivity index (χ2v) is 11.7. The van der Waals surface area contributed by atoms with Crippen LogP contribution in [-0.4, -0.2) is 21.3 Å². The Morgan fingerprint density at radius 1 is 0.750 bits per heavy atom. The van der Waals surface area contributed by atoms with E-state index in [1.54, 1.807) is 0 Å². The third-order valence-corrected chi connectivity index (χ3v) is 9.43. The molecule has 0 N–H and O–H groups in total. The van der Waals surface area contributed by atoms with Crippen LogP contribution in [0, 0.1) is 5.92 Å². The first-order valence-corrected chi connectivity index (χ1v) is 13.2. The fourth-order valence-corrected chi connectivity index (χ4v) is 6.47. The molecule has 0 unspecified atom stereocenters. The molecule has 0 saturated heterocycles. The maximum absolute atomic E-state index is 6.61. The normalized spacial score (nSPS) is 22.0. The van der Waals surface area contributed by atoms with E-state index >= 15 is 0 Å². The largest absolute Gasteiger partial charge is 0.394 e. The van der Waals surface area contributed by atoms with Gasteiger partial charge in [-0.2, -0.15) is 0 Å². The molecule has 1 rings (SSSR count).